The fourth-order valence-electron chi connectivity index (χ4n) is 1.99. The van der Waals surface area contributed by atoms with Crippen molar-refractivity contribution in [3.63, 3.8) is 0 Å². The van der Waals surface area contributed by atoms with Gasteiger partial charge < -0.3 is 5.11 Å². The summed E-state index contributed by atoms with van der Waals surface area (Å²) in [5.74, 6) is -0.666. The van der Waals surface area contributed by atoms with Crippen molar-refractivity contribution in [3.05, 3.63) is 12.2 Å². The van der Waals surface area contributed by atoms with Gasteiger partial charge in [-0.1, -0.05) is 57.6 Å². The molecule has 0 rings (SSSR count). The van der Waals surface area contributed by atoms with Gasteiger partial charge in [0, 0.05) is 44.6 Å². The molecule has 0 aliphatic rings. The Labute approximate surface area is 149 Å². The van der Waals surface area contributed by atoms with Crippen LogP contribution in [0.15, 0.2) is 12.2 Å². The molecule has 0 aromatic heterocycles. The Bertz CT molecular complexity index is 215. The third-order valence-corrected chi connectivity index (χ3v) is 3.15. The maximum Gasteiger partial charge on any atom is 0.303 e. The summed E-state index contributed by atoms with van der Waals surface area (Å²) in [5.41, 5.74) is 0. The van der Waals surface area contributed by atoms with E-state index in [2.05, 4.69) is 19.1 Å². The van der Waals surface area contributed by atoms with Gasteiger partial charge in [0.1, 0.15) is 0 Å². The Kier molecular flexibility index (Phi) is 21.2. The number of allylic oxidation sites excluding steroid dienone is 2. The van der Waals surface area contributed by atoms with E-state index in [1.807, 2.05) is 0 Å². The van der Waals surface area contributed by atoms with Gasteiger partial charge in [0.2, 0.25) is 0 Å². The first-order valence-electron chi connectivity index (χ1n) is 7.64. The van der Waals surface area contributed by atoms with Crippen molar-refractivity contribution in [3.8, 4) is 0 Å². The zero-order valence-corrected chi connectivity index (χ0v) is 14.3. The quantitative estimate of drug-likeness (QED) is 0.325. The van der Waals surface area contributed by atoms with E-state index in [1.54, 1.807) is 0 Å². The van der Waals surface area contributed by atoms with Gasteiger partial charge in [0.25, 0.3) is 0 Å². The van der Waals surface area contributed by atoms with Crippen molar-refractivity contribution in [1.29, 1.82) is 0 Å². The Balaban J connectivity index is 0. The van der Waals surface area contributed by atoms with E-state index >= 15 is 0 Å². The summed E-state index contributed by atoms with van der Waals surface area (Å²) in [5, 5.41) is 8.48. The maximum atomic E-state index is 10.3. The summed E-state index contributed by atoms with van der Waals surface area (Å²) in [7, 11) is 0. The molecule has 0 fully saturated rings. The van der Waals surface area contributed by atoms with Crippen molar-refractivity contribution in [2.75, 3.05) is 0 Å². The molecule has 0 aliphatic carbocycles. The molecule has 1 N–H and O–H groups in total. The number of hydrogen-bond donors (Lipinski definition) is 1. The van der Waals surface area contributed by atoms with Gasteiger partial charge in [-0.05, 0) is 32.1 Å². The smallest absolute Gasteiger partial charge is 0.303 e. The molecule has 19 heavy (non-hydrogen) atoms. The van der Waals surface area contributed by atoms with Crippen molar-refractivity contribution >= 4 is 5.97 Å². The van der Waals surface area contributed by atoms with Crippen molar-refractivity contribution in [2.24, 2.45) is 0 Å². The fraction of sp³-hybridized carbons (Fsp3) is 0.812. The van der Waals surface area contributed by atoms with E-state index < -0.39 is 5.97 Å². The first-order chi connectivity index (χ1) is 8.77. The summed E-state index contributed by atoms with van der Waals surface area (Å²) in [6.07, 6.45) is 18.3. The van der Waals surface area contributed by atoms with Crippen LogP contribution in [0.2, 0.25) is 0 Å². The number of hydrogen-bond acceptors (Lipinski definition) is 1. The number of carboxylic acids is 1. The molecular formula is C16H30DyO2. The molecule has 0 saturated heterocycles. The standard InChI is InChI=1S/C16H30O2.Dy/c1-2-3-4-5-6-7-8-9-10-11-12-13-14-15-16(17)18;/h7-8H,2-6,9-15H2,1H3,(H,17,18);/b8-7-;. The van der Waals surface area contributed by atoms with Crippen molar-refractivity contribution < 1.29 is 48.1 Å². The van der Waals surface area contributed by atoms with Crippen LogP contribution in [0.4, 0.5) is 0 Å². The van der Waals surface area contributed by atoms with Crippen LogP contribution in [-0.2, 0) is 4.79 Å². The molecule has 0 bridgehead atoms. The van der Waals surface area contributed by atoms with Gasteiger partial charge in [-0.25, -0.2) is 0 Å². The Morgan fingerprint density at radius 2 is 1.32 bits per heavy atom. The largest absolute Gasteiger partial charge is 0.481 e. The second-order valence-corrected chi connectivity index (χ2v) is 5.02. The average molecular weight is 417 g/mol. The van der Waals surface area contributed by atoms with Gasteiger partial charge in [-0.3, -0.25) is 4.79 Å². The molecule has 0 aromatic carbocycles. The summed E-state index contributed by atoms with van der Waals surface area (Å²) in [6.45, 7) is 2.24. The molecule has 0 saturated carbocycles. The second kappa shape index (κ2) is 18.5. The molecule has 0 amide bonds. The minimum atomic E-state index is -0.666. The average Bonchev–Trinajstić information content (AvgIpc) is 2.34. The van der Waals surface area contributed by atoms with Crippen LogP contribution < -0.4 is 0 Å². The molecule has 0 heterocycles. The Hall–Kier alpha value is 0.483. The first-order valence-corrected chi connectivity index (χ1v) is 7.64. The van der Waals surface area contributed by atoms with Gasteiger partial charge >= 0.3 is 5.97 Å². The van der Waals surface area contributed by atoms with Gasteiger partial charge in [0.15, 0.2) is 0 Å². The molecule has 0 atom stereocenters. The summed E-state index contributed by atoms with van der Waals surface area (Å²) >= 11 is 0. The van der Waals surface area contributed by atoms with Crippen LogP contribution in [0.1, 0.15) is 84.0 Å². The normalized spacial score (nSPS) is 10.6. The number of unbranched alkanes of at least 4 members (excludes halogenated alkanes) is 9. The van der Waals surface area contributed by atoms with Crippen LogP contribution >= 0.6 is 0 Å². The number of carbonyl (C=O) groups is 1. The summed E-state index contributed by atoms with van der Waals surface area (Å²) in [6, 6.07) is 0. The van der Waals surface area contributed by atoms with Crippen LogP contribution in [0.25, 0.3) is 0 Å². The van der Waals surface area contributed by atoms with Crippen molar-refractivity contribution in [1.82, 2.24) is 0 Å². The van der Waals surface area contributed by atoms with E-state index in [4.69, 9.17) is 5.11 Å². The summed E-state index contributed by atoms with van der Waals surface area (Å²) in [4.78, 5) is 10.3. The van der Waals surface area contributed by atoms with Crippen LogP contribution in [0.5, 0.6) is 0 Å². The molecule has 0 aromatic rings. The number of rotatable bonds is 13. The predicted molar refractivity (Wildman–Crippen MR) is 77.9 cm³/mol. The second-order valence-electron chi connectivity index (χ2n) is 5.02. The van der Waals surface area contributed by atoms with Gasteiger partial charge in [0.05, 0.1) is 0 Å². The van der Waals surface area contributed by atoms with Crippen LogP contribution in [0.3, 0.4) is 0 Å². The van der Waals surface area contributed by atoms with E-state index in [9.17, 15) is 4.79 Å². The molecule has 0 spiro atoms. The van der Waals surface area contributed by atoms with E-state index in [-0.39, 0.29) is 38.2 Å². The van der Waals surface area contributed by atoms with Gasteiger partial charge in [-0.15, -0.1) is 0 Å². The minimum Gasteiger partial charge on any atom is -0.481 e. The van der Waals surface area contributed by atoms with E-state index in [1.165, 1.54) is 57.8 Å². The summed E-state index contributed by atoms with van der Waals surface area (Å²) < 4.78 is 0. The van der Waals surface area contributed by atoms with Crippen LogP contribution in [0, 0.1) is 38.2 Å². The fourth-order valence-corrected chi connectivity index (χ4v) is 1.99. The predicted octanol–water partition coefficient (Wildman–Crippen LogP) is 5.33. The third kappa shape index (κ3) is 20.9. The molecule has 2 nitrogen and oxygen atoms in total. The first kappa shape index (κ1) is 21.8. The van der Waals surface area contributed by atoms with E-state index in [0.29, 0.717) is 6.42 Å². The van der Waals surface area contributed by atoms with Crippen LogP contribution in [-0.4, -0.2) is 11.1 Å². The Morgan fingerprint density at radius 1 is 0.842 bits per heavy atom. The molecular weight excluding hydrogens is 387 g/mol. The molecule has 116 valence electrons. The Morgan fingerprint density at radius 3 is 1.84 bits per heavy atom. The SMILES string of the molecule is CCCCCC/C=C\CCCCCCCC(=O)O.[Dy]. The monoisotopic (exact) mass is 418 g/mol. The number of carboxylic acid groups (broad SMARTS) is 1. The van der Waals surface area contributed by atoms with E-state index in [0.717, 1.165) is 12.8 Å². The molecule has 0 unspecified atom stereocenters. The topological polar surface area (TPSA) is 37.3 Å². The maximum absolute atomic E-state index is 10.3. The third-order valence-electron chi connectivity index (χ3n) is 3.15. The zero-order valence-electron chi connectivity index (χ0n) is 12.3. The van der Waals surface area contributed by atoms with Gasteiger partial charge in [-0.2, -0.15) is 0 Å². The number of aliphatic carboxylic acids is 1. The van der Waals surface area contributed by atoms with Crippen molar-refractivity contribution in [2.45, 2.75) is 84.0 Å². The zero-order chi connectivity index (χ0) is 13.5. The minimum absolute atomic E-state index is 0. The molecule has 3 heteroatoms. The molecule has 0 aliphatic heterocycles. The molecule has 0 radical (unpaired) electrons.